The number of aliphatic hydroxyl groups is 1. The summed E-state index contributed by atoms with van der Waals surface area (Å²) in [7, 11) is 0. The lowest BCUT2D eigenvalue weighted by Crippen LogP contribution is -2.14. The Hall–Kier alpha value is -2.44. The molecule has 2 rings (SSSR count). The fourth-order valence-electron chi connectivity index (χ4n) is 1.78. The highest BCUT2D eigenvalue weighted by atomic mass is 35.5. The molecule has 2 N–H and O–H groups in total. The molecule has 108 valence electrons. The molecular weight excluding hydrogens is 296 g/mol. The van der Waals surface area contributed by atoms with Crippen LogP contribution in [-0.2, 0) is 6.61 Å². The Morgan fingerprint density at radius 2 is 1.90 bits per heavy atom. The Labute approximate surface area is 125 Å². The first-order valence-corrected chi connectivity index (χ1v) is 6.34. The van der Waals surface area contributed by atoms with Crippen molar-refractivity contribution in [3.63, 3.8) is 0 Å². The topological polar surface area (TPSA) is 92.5 Å². The molecule has 0 aliphatic carbocycles. The van der Waals surface area contributed by atoms with Crippen molar-refractivity contribution in [2.24, 2.45) is 0 Å². The van der Waals surface area contributed by atoms with Crippen LogP contribution in [0.5, 0.6) is 0 Å². The van der Waals surface area contributed by atoms with Crippen LogP contribution in [0, 0.1) is 10.1 Å². The number of rotatable bonds is 4. The number of hydrogen-bond donors (Lipinski definition) is 2. The van der Waals surface area contributed by atoms with E-state index in [0.717, 1.165) is 0 Å². The number of nitrogens with zero attached hydrogens (tertiary/aromatic N) is 1. The minimum absolute atomic E-state index is 0.0942. The van der Waals surface area contributed by atoms with E-state index in [1.165, 1.54) is 18.2 Å². The van der Waals surface area contributed by atoms with Crippen LogP contribution in [0.1, 0.15) is 15.9 Å². The van der Waals surface area contributed by atoms with Crippen molar-refractivity contribution in [2.75, 3.05) is 5.32 Å². The Balaban J connectivity index is 2.28. The molecule has 0 aromatic heterocycles. The number of nitrogens with one attached hydrogen (secondary N) is 1. The van der Waals surface area contributed by atoms with Gasteiger partial charge in [-0.1, -0.05) is 29.8 Å². The second-order valence-electron chi connectivity index (χ2n) is 4.20. The summed E-state index contributed by atoms with van der Waals surface area (Å²) in [6.45, 7) is -0.103. The molecule has 0 radical (unpaired) electrons. The summed E-state index contributed by atoms with van der Waals surface area (Å²) in [6, 6.07) is 10.6. The third kappa shape index (κ3) is 3.36. The van der Waals surface area contributed by atoms with Crippen LogP contribution in [-0.4, -0.2) is 15.9 Å². The Bertz CT molecular complexity index is 686. The minimum atomic E-state index is -0.688. The van der Waals surface area contributed by atoms with Gasteiger partial charge in [0.15, 0.2) is 0 Å². The maximum atomic E-state index is 12.1. The minimum Gasteiger partial charge on any atom is -0.392 e. The van der Waals surface area contributed by atoms with Crippen LogP contribution < -0.4 is 5.32 Å². The lowest BCUT2D eigenvalue weighted by molar-refractivity contribution is -0.385. The van der Waals surface area contributed by atoms with E-state index in [1.807, 2.05) is 0 Å². The van der Waals surface area contributed by atoms with Gasteiger partial charge in [0.25, 0.3) is 5.91 Å². The molecule has 0 fully saturated rings. The number of halogens is 1. The van der Waals surface area contributed by atoms with Gasteiger partial charge in [0.2, 0.25) is 0 Å². The van der Waals surface area contributed by atoms with Gasteiger partial charge in [0.1, 0.15) is 10.6 Å². The van der Waals surface area contributed by atoms with Crippen molar-refractivity contribution in [3.05, 3.63) is 68.7 Å². The number of benzene rings is 2. The van der Waals surface area contributed by atoms with Gasteiger partial charge in [-0.3, -0.25) is 14.9 Å². The number of para-hydroxylation sites is 1. The van der Waals surface area contributed by atoms with Crippen LogP contribution in [0.4, 0.5) is 11.4 Å². The summed E-state index contributed by atoms with van der Waals surface area (Å²) in [5, 5.41) is 22.4. The Morgan fingerprint density at radius 3 is 2.48 bits per heavy atom. The van der Waals surface area contributed by atoms with Gasteiger partial charge in [-0.05, 0) is 29.8 Å². The summed E-state index contributed by atoms with van der Waals surface area (Å²) in [5.74, 6) is -0.624. The average molecular weight is 307 g/mol. The quantitative estimate of drug-likeness (QED) is 0.671. The molecule has 2 aromatic carbocycles. The number of hydrogen-bond acceptors (Lipinski definition) is 4. The van der Waals surface area contributed by atoms with Gasteiger partial charge in [-0.25, -0.2) is 0 Å². The normalized spacial score (nSPS) is 10.2. The number of amides is 1. The molecule has 0 spiro atoms. The fourth-order valence-corrected chi connectivity index (χ4v) is 2.02. The van der Waals surface area contributed by atoms with E-state index in [9.17, 15) is 14.9 Å². The van der Waals surface area contributed by atoms with Crippen LogP contribution in [0.2, 0.25) is 5.02 Å². The summed E-state index contributed by atoms with van der Waals surface area (Å²) in [6.07, 6.45) is 0. The van der Waals surface area contributed by atoms with Crippen molar-refractivity contribution in [2.45, 2.75) is 6.61 Å². The largest absolute Gasteiger partial charge is 0.392 e. The van der Waals surface area contributed by atoms with Crippen LogP contribution in [0.3, 0.4) is 0 Å². The number of anilines is 1. The van der Waals surface area contributed by atoms with Gasteiger partial charge in [0, 0.05) is 5.69 Å². The van der Waals surface area contributed by atoms with E-state index < -0.39 is 16.5 Å². The van der Waals surface area contributed by atoms with Crippen molar-refractivity contribution in [1.29, 1.82) is 0 Å². The summed E-state index contributed by atoms with van der Waals surface area (Å²) >= 11 is 5.76. The van der Waals surface area contributed by atoms with Gasteiger partial charge < -0.3 is 10.4 Å². The van der Waals surface area contributed by atoms with Crippen LogP contribution >= 0.6 is 11.6 Å². The molecule has 0 aliphatic heterocycles. The maximum absolute atomic E-state index is 12.1. The molecule has 0 unspecified atom stereocenters. The molecule has 0 saturated heterocycles. The Kier molecular flexibility index (Phi) is 4.52. The zero-order valence-electron chi connectivity index (χ0n) is 10.7. The highest BCUT2D eigenvalue weighted by molar-refractivity contribution is 6.33. The van der Waals surface area contributed by atoms with E-state index in [0.29, 0.717) is 11.3 Å². The monoisotopic (exact) mass is 306 g/mol. The van der Waals surface area contributed by atoms with E-state index in [-0.39, 0.29) is 17.2 Å². The number of nitro groups is 1. The first kappa shape index (κ1) is 15.0. The zero-order chi connectivity index (χ0) is 15.4. The summed E-state index contributed by atoms with van der Waals surface area (Å²) in [5.41, 5.74) is 0.621. The Morgan fingerprint density at radius 1 is 1.24 bits per heavy atom. The predicted molar refractivity (Wildman–Crippen MR) is 78.4 cm³/mol. The van der Waals surface area contributed by atoms with E-state index in [4.69, 9.17) is 16.7 Å². The van der Waals surface area contributed by atoms with Gasteiger partial charge in [-0.15, -0.1) is 0 Å². The van der Waals surface area contributed by atoms with Gasteiger partial charge >= 0.3 is 5.69 Å². The van der Waals surface area contributed by atoms with Crippen LogP contribution in [0.25, 0.3) is 0 Å². The maximum Gasteiger partial charge on any atom is 0.300 e. The number of aliphatic hydroxyl groups excluding tert-OH is 1. The molecule has 0 bridgehead atoms. The molecule has 0 aliphatic rings. The fraction of sp³-hybridized carbons (Fsp3) is 0.0714. The molecule has 6 nitrogen and oxygen atoms in total. The second-order valence-corrected chi connectivity index (χ2v) is 4.61. The smallest absolute Gasteiger partial charge is 0.300 e. The highest BCUT2D eigenvalue weighted by Crippen LogP contribution is 2.28. The molecule has 1 amide bonds. The molecule has 0 heterocycles. The van der Waals surface area contributed by atoms with Crippen molar-refractivity contribution >= 4 is 28.9 Å². The lowest BCUT2D eigenvalue weighted by Gasteiger charge is -2.07. The van der Waals surface area contributed by atoms with E-state index >= 15 is 0 Å². The SMILES string of the molecule is O=C(Nc1ccc(CO)cc1)c1cccc(Cl)c1[N+](=O)[O-]. The highest BCUT2D eigenvalue weighted by Gasteiger charge is 2.23. The molecule has 0 saturated carbocycles. The second kappa shape index (κ2) is 6.34. The zero-order valence-corrected chi connectivity index (χ0v) is 11.5. The first-order valence-electron chi connectivity index (χ1n) is 5.97. The van der Waals surface area contributed by atoms with Crippen molar-refractivity contribution in [3.8, 4) is 0 Å². The lowest BCUT2D eigenvalue weighted by atomic mass is 10.1. The number of carbonyl (C=O) groups is 1. The van der Waals surface area contributed by atoms with E-state index in [2.05, 4.69) is 5.32 Å². The third-order valence-corrected chi connectivity index (χ3v) is 3.11. The van der Waals surface area contributed by atoms with Crippen molar-refractivity contribution in [1.82, 2.24) is 0 Å². The predicted octanol–water partition coefficient (Wildman–Crippen LogP) is 2.99. The standard InChI is InChI=1S/C14H11ClN2O4/c15-12-3-1-2-11(13(12)17(20)21)14(19)16-10-6-4-9(8-18)5-7-10/h1-7,18H,8H2,(H,16,19). The third-order valence-electron chi connectivity index (χ3n) is 2.81. The van der Waals surface area contributed by atoms with Gasteiger partial charge in [0.05, 0.1) is 11.5 Å². The molecule has 2 aromatic rings. The van der Waals surface area contributed by atoms with Crippen molar-refractivity contribution < 1.29 is 14.8 Å². The molecule has 7 heteroatoms. The molecule has 21 heavy (non-hydrogen) atoms. The molecule has 0 atom stereocenters. The van der Waals surface area contributed by atoms with E-state index in [1.54, 1.807) is 24.3 Å². The number of carbonyl (C=O) groups excluding carboxylic acids is 1. The summed E-state index contributed by atoms with van der Waals surface area (Å²) in [4.78, 5) is 22.4. The summed E-state index contributed by atoms with van der Waals surface area (Å²) < 4.78 is 0. The van der Waals surface area contributed by atoms with Gasteiger partial charge in [-0.2, -0.15) is 0 Å². The van der Waals surface area contributed by atoms with Crippen LogP contribution in [0.15, 0.2) is 42.5 Å². The number of nitro benzene ring substituents is 1. The molecular formula is C14H11ClN2O4. The average Bonchev–Trinajstić information content (AvgIpc) is 2.47. The first-order chi connectivity index (χ1) is 10.0.